The summed E-state index contributed by atoms with van der Waals surface area (Å²) < 4.78 is 0. The summed E-state index contributed by atoms with van der Waals surface area (Å²) in [7, 11) is 0. The number of nitrogens with zero attached hydrogens (tertiary/aromatic N) is 3. The van der Waals surface area contributed by atoms with Crippen LogP contribution in [0.3, 0.4) is 0 Å². The zero-order valence-electron chi connectivity index (χ0n) is 19.2. The molecule has 32 heavy (non-hydrogen) atoms. The first-order valence-corrected chi connectivity index (χ1v) is 11.6. The number of anilines is 1. The van der Waals surface area contributed by atoms with Gasteiger partial charge < -0.3 is 15.7 Å². The summed E-state index contributed by atoms with van der Waals surface area (Å²) in [5, 5.41) is 10.2. The van der Waals surface area contributed by atoms with Crippen molar-refractivity contribution in [3.05, 3.63) is 76.1 Å². The van der Waals surface area contributed by atoms with Crippen LogP contribution in [0.25, 0.3) is 11.3 Å². The quantitative estimate of drug-likeness (QED) is 0.647. The number of aliphatic hydroxyl groups is 1. The van der Waals surface area contributed by atoms with Gasteiger partial charge in [-0.1, -0.05) is 42.5 Å². The van der Waals surface area contributed by atoms with Gasteiger partial charge in [-0.25, -0.2) is 9.97 Å². The summed E-state index contributed by atoms with van der Waals surface area (Å²) >= 11 is 0. The van der Waals surface area contributed by atoms with Crippen molar-refractivity contribution in [3.8, 4) is 11.3 Å². The Morgan fingerprint density at radius 1 is 1.03 bits per heavy atom. The summed E-state index contributed by atoms with van der Waals surface area (Å²) in [6.07, 6.45) is 3.10. The number of aryl methyl sites for hydroxylation is 2. The van der Waals surface area contributed by atoms with Crippen molar-refractivity contribution in [3.63, 3.8) is 0 Å². The highest BCUT2D eigenvalue weighted by Gasteiger charge is 2.46. The van der Waals surface area contributed by atoms with Gasteiger partial charge in [-0.05, 0) is 67.7 Å². The van der Waals surface area contributed by atoms with Gasteiger partial charge in [0.25, 0.3) is 0 Å². The number of piperidine rings is 1. The Hall–Kier alpha value is -2.76. The molecule has 0 unspecified atom stereocenters. The van der Waals surface area contributed by atoms with Gasteiger partial charge >= 0.3 is 0 Å². The van der Waals surface area contributed by atoms with Crippen LogP contribution in [0.5, 0.6) is 0 Å². The van der Waals surface area contributed by atoms with Crippen molar-refractivity contribution in [1.82, 2.24) is 9.97 Å². The van der Waals surface area contributed by atoms with E-state index in [2.05, 4.69) is 61.2 Å². The van der Waals surface area contributed by atoms with Gasteiger partial charge in [-0.15, -0.1) is 0 Å². The van der Waals surface area contributed by atoms with E-state index >= 15 is 0 Å². The molecule has 1 atom stereocenters. The van der Waals surface area contributed by atoms with E-state index < -0.39 is 0 Å². The first-order chi connectivity index (χ1) is 15.4. The summed E-state index contributed by atoms with van der Waals surface area (Å²) in [5.41, 5.74) is 15.5. The largest absolute Gasteiger partial charge is 0.390 e. The third-order valence-electron chi connectivity index (χ3n) is 7.78. The zero-order valence-corrected chi connectivity index (χ0v) is 19.2. The van der Waals surface area contributed by atoms with E-state index in [1.165, 1.54) is 22.3 Å². The number of hydrogen-bond acceptors (Lipinski definition) is 5. The van der Waals surface area contributed by atoms with Crippen molar-refractivity contribution in [2.45, 2.75) is 52.7 Å². The van der Waals surface area contributed by atoms with Crippen molar-refractivity contribution >= 4 is 5.82 Å². The third kappa shape index (κ3) is 3.31. The third-order valence-corrected chi connectivity index (χ3v) is 7.78. The van der Waals surface area contributed by atoms with Crippen molar-refractivity contribution < 1.29 is 5.11 Å². The molecule has 3 N–H and O–H groups in total. The molecule has 2 heterocycles. The lowest BCUT2D eigenvalue weighted by Crippen LogP contribution is -2.45. The lowest BCUT2D eigenvalue weighted by atomic mass is 9.73. The maximum atomic E-state index is 10.2. The molecule has 1 spiro atoms. The molecule has 2 aliphatic rings. The topological polar surface area (TPSA) is 75.3 Å². The van der Waals surface area contributed by atoms with Crippen molar-refractivity contribution in [1.29, 1.82) is 0 Å². The molecule has 5 rings (SSSR count). The average molecular weight is 429 g/mol. The minimum absolute atomic E-state index is 0.0950. The molecule has 0 saturated carbocycles. The second kappa shape index (κ2) is 7.98. The minimum atomic E-state index is -0.118. The molecule has 166 valence electrons. The summed E-state index contributed by atoms with van der Waals surface area (Å²) in [6, 6.07) is 15.0. The Bertz CT molecular complexity index is 1160. The molecule has 1 saturated heterocycles. The fraction of sp³-hybridized carbons (Fsp3) is 0.407. The highest BCUT2D eigenvalue weighted by molar-refractivity contribution is 5.68. The first-order valence-electron chi connectivity index (χ1n) is 11.6. The second-order valence-electron chi connectivity index (χ2n) is 9.54. The van der Waals surface area contributed by atoms with Crippen molar-refractivity contribution in [2.75, 3.05) is 18.0 Å². The molecule has 1 aliphatic heterocycles. The molecule has 1 fully saturated rings. The smallest absolute Gasteiger partial charge is 0.153 e. The van der Waals surface area contributed by atoms with Gasteiger partial charge in [-0.2, -0.15) is 0 Å². The summed E-state index contributed by atoms with van der Waals surface area (Å²) in [6.45, 7) is 7.89. The number of nitrogens with two attached hydrogens (primary N) is 1. The fourth-order valence-corrected chi connectivity index (χ4v) is 5.63. The number of benzene rings is 2. The van der Waals surface area contributed by atoms with Crippen LogP contribution >= 0.6 is 0 Å². The Morgan fingerprint density at radius 3 is 2.50 bits per heavy atom. The van der Waals surface area contributed by atoms with Crippen molar-refractivity contribution in [2.24, 2.45) is 11.1 Å². The van der Waals surface area contributed by atoms with Gasteiger partial charge in [-0.3, -0.25) is 0 Å². The van der Waals surface area contributed by atoms with Crippen LogP contribution < -0.4 is 10.6 Å². The van der Waals surface area contributed by atoms with E-state index in [1.807, 2.05) is 6.92 Å². The maximum Gasteiger partial charge on any atom is 0.153 e. The number of rotatable bonds is 3. The fourth-order valence-electron chi connectivity index (χ4n) is 5.63. The molecular formula is C27H32N4O. The van der Waals surface area contributed by atoms with E-state index in [-0.39, 0.29) is 18.1 Å². The minimum Gasteiger partial charge on any atom is -0.390 e. The van der Waals surface area contributed by atoms with Crippen LogP contribution in [-0.2, 0) is 13.0 Å². The Labute approximate surface area is 190 Å². The highest BCUT2D eigenvalue weighted by atomic mass is 16.3. The lowest BCUT2D eigenvalue weighted by molar-refractivity contribution is 0.186. The standard InChI is InChI=1S/C27H32N4O/c1-17-7-6-10-21(18(17)2)24-19(3)29-26(23(16-32)30-24)31-13-11-27(12-14-31)15-20-8-4-5-9-22(20)25(27)28/h4-10,25,32H,11-16,28H2,1-3H3/t25-/m1/s1. The Balaban J connectivity index is 1.42. The van der Waals surface area contributed by atoms with Crippen LogP contribution in [0.1, 0.15) is 52.5 Å². The number of fused-ring (bicyclic) bond motifs is 1. The number of aromatic nitrogens is 2. The Kier molecular flexibility index (Phi) is 5.26. The SMILES string of the molecule is Cc1cccc(-c2nc(CO)c(N3CCC4(CC3)Cc3ccccc3[C@H]4N)nc2C)c1C. The molecule has 0 amide bonds. The number of aliphatic hydroxyl groups excluding tert-OH is 1. The van der Waals surface area contributed by atoms with Gasteiger partial charge in [0.15, 0.2) is 5.82 Å². The molecule has 0 bridgehead atoms. The lowest BCUT2D eigenvalue weighted by Gasteiger charge is -2.43. The normalized spacial score (nSPS) is 19.4. The van der Waals surface area contributed by atoms with E-state index in [0.29, 0.717) is 5.69 Å². The van der Waals surface area contributed by atoms with Crippen LogP contribution in [0.15, 0.2) is 42.5 Å². The van der Waals surface area contributed by atoms with Crippen LogP contribution in [0.4, 0.5) is 5.82 Å². The van der Waals surface area contributed by atoms with Gasteiger partial charge in [0.05, 0.1) is 18.0 Å². The first kappa shape index (κ1) is 21.1. The molecular weight excluding hydrogens is 396 g/mol. The molecule has 5 nitrogen and oxygen atoms in total. The Morgan fingerprint density at radius 2 is 1.78 bits per heavy atom. The summed E-state index contributed by atoms with van der Waals surface area (Å²) in [5.74, 6) is 0.818. The van der Waals surface area contributed by atoms with Gasteiger partial charge in [0, 0.05) is 24.7 Å². The maximum absolute atomic E-state index is 10.2. The summed E-state index contributed by atoms with van der Waals surface area (Å²) in [4.78, 5) is 12.1. The van der Waals surface area contributed by atoms with Gasteiger partial charge in [0.2, 0.25) is 0 Å². The molecule has 2 aromatic carbocycles. The molecule has 1 aromatic heterocycles. The van der Waals surface area contributed by atoms with Gasteiger partial charge in [0.1, 0.15) is 5.69 Å². The highest BCUT2D eigenvalue weighted by Crippen LogP contribution is 2.51. The van der Waals surface area contributed by atoms with E-state index in [1.54, 1.807) is 0 Å². The molecule has 5 heteroatoms. The van der Waals surface area contributed by atoms with E-state index in [0.717, 1.165) is 55.1 Å². The van der Waals surface area contributed by atoms with Crippen LogP contribution in [-0.4, -0.2) is 28.2 Å². The average Bonchev–Trinajstić information content (AvgIpc) is 3.07. The second-order valence-corrected chi connectivity index (χ2v) is 9.54. The molecule has 0 radical (unpaired) electrons. The predicted octanol–water partition coefficient (Wildman–Crippen LogP) is 4.40. The number of hydrogen-bond donors (Lipinski definition) is 2. The van der Waals surface area contributed by atoms with Crippen LogP contribution in [0.2, 0.25) is 0 Å². The van der Waals surface area contributed by atoms with E-state index in [9.17, 15) is 5.11 Å². The zero-order chi connectivity index (χ0) is 22.5. The molecule has 3 aromatic rings. The predicted molar refractivity (Wildman–Crippen MR) is 129 cm³/mol. The van der Waals surface area contributed by atoms with E-state index in [4.69, 9.17) is 15.7 Å². The monoisotopic (exact) mass is 428 g/mol. The van der Waals surface area contributed by atoms with Crippen LogP contribution in [0, 0.1) is 26.2 Å². The molecule has 1 aliphatic carbocycles.